The molecule has 89 heavy (non-hydrogen) atoms. The Balaban J connectivity index is 0.000000565. The van der Waals surface area contributed by atoms with E-state index in [1.54, 1.807) is 30.8 Å². The van der Waals surface area contributed by atoms with Crippen LogP contribution in [0.4, 0.5) is 36.4 Å². The van der Waals surface area contributed by atoms with Crippen molar-refractivity contribution in [3.05, 3.63) is 120 Å². The summed E-state index contributed by atoms with van der Waals surface area (Å²) in [5.74, 6) is -0.709. The lowest BCUT2D eigenvalue weighted by atomic mass is 10.0. The van der Waals surface area contributed by atoms with Crippen molar-refractivity contribution >= 4 is 124 Å². The topological polar surface area (TPSA) is 302 Å². The Morgan fingerprint density at radius 2 is 1.56 bits per heavy atom. The molecule has 0 bridgehead atoms. The number of anilines is 4. The van der Waals surface area contributed by atoms with Gasteiger partial charge in [0.2, 0.25) is 23.1 Å². The van der Waals surface area contributed by atoms with Crippen molar-refractivity contribution in [1.82, 2.24) is 29.4 Å². The van der Waals surface area contributed by atoms with Crippen molar-refractivity contribution in [2.75, 3.05) is 84.8 Å². The lowest BCUT2D eigenvalue weighted by molar-refractivity contribution is -0.193. The number of aromatic nitrogens is 5. The highest BCUT2D eigenvalue weighted by atomic mass is 35.5. The molecule has 3 aromatic carbocycles. The Bertz CT molecular complexity index is 3270. The van der Waals surface area contributed by atoms with Gasteiger partial charge < -0.3 is 54.1 Å². The number of carboxylic acid groups (broad SMARTS) is 1. The van der Waals surface area contributed by atoms with Crippen LogP contribution in [-0.2, 0) is 59.0 Å². The number of carbonyl (C=O) groups excluding carboxylic acids is 3. The number of esters is 1. The Hall–Kier alpha value is -5.71. The number of amides is 2. The number of ether oxygens (including phenoxy) is 3. The number of rotatable bonds is 18. The van der Waals surface area contributed by atoms with E-state index < -0.39 is 66.4 Å². The molecule has 1 aliphatic rings. The molecule has 6 rings (SSSR count). The number of nitrogens with one attached hydrogen (secondary N) is 3. The van der Waals surface area contributed by atoms with E-state index in [2.05, 4.69) is 57.3 Å². The van der Waals surface area contributed by atoms with Crippen LogP contribution in [0.5, 0.6) is 5.75 Å². The van der Waals surface area contributed by atoms with Crippen LogP contribution in [0.1, 0.15) is 82.6 Å². The summed E-state index contributed by atoms with van der Waals surface area (Å²) in [6, 6.07) is 17.5. The number of carboxylic acids is 1. The largest absolute Gasteiger partial charge is 0.778 e. The van der Waals surface area contributed by atoms with Crippen LogP contribution >= 0.6 is 65.6 Å². The normalized spacial score (nSPS) is 13.3. The van der Waals surface area contributed by atoms with Gasteiger partial charge in [0.1, 0.15) is 31.5 Å². The van der Waals surface area contributed by atoms with Gasteiger partial charge in [0.15, 0.2) is 4.84 Å². The fraction of sp³-hybridized carbons (Fsp3) is 0.482. The van der Waals surface area contributed by atoms with Crippen molar-refractivity contribution < 1.29 is 66.0 Å². The van der Waals surface area contributed by atoms with E-state index in [0.717, 1.165) is 48.6 Å². The van der Waals surface area contributed by atoms with Gasteiger partial charge in [-0.2, -0.15) is 28.1 Å². The minimum absolute atomic E-state index is 0.0104. The van der Waals surface area contributed by atoms with E-state index in [-0.39, 0.29) is 57.4 Å². The van der Waals surface area contributed by atoms with Crippen molar-refractivity contribution in [3.63, 3.8) is 0 Å². The van der Waals surface area contributed by atoms with Crippen molar-refractivity contribution in [2.45, 2.75) is 104 Å². The number of halogens is 8. The number of carbonyl (C=O) groups is 4. The molecular formula is C56H77Cl5F3N10O13PS. The van der Waals surface area contributed by atoms with Gasteiger partial charge in [0, 0.05) is 32.8 Å². The van der Waals surface area contributed by atoms with Gasteiger partial charge in [-0.25, -0.2) is 14.2 Å². The van der Waals surface area contributed by atoms with Crippen LogP contribution in [0.2, 0.25) is 10.3 Å². The smallest absolute Gasteiger partial charge is 0.431 e. The third-order valence-electron chi connectivity index (χ3n) is 11.0. The number of aryl methyl sites for hydroxylation is 2. The fourth-order valence-electron chi connectivity index (χ4n) is 7.50. The minimum Gasteiger partial charge on any atom is -0.778 e. The SMILES string of the molecule is CC(C)OC(=O)c1cc(-n2c(=O)cc(C(F)(F)F)n(C)c2=O)ccc1Cl.CC1COc2ccccc2N1C(=O)C(Cl)Cl.CCNc1nc(Cl)nc(NC(C)C)n1.CCc1cccc(C)c1N(C(=O)CCl)C(C)COC.C[S+](C)C.O=C(O)CNCP(=O)([O-])O. The lowest BCUT2D eigenvalue weighted by Gasteiger charge is -2.35. The second-order valence-electron chi connectivity index (χ2n) is 19.9. The zero-order valence-corrected chi connectivity index (χ0v) is 57.1. The van der Waals surface area contributed by atoms with Gasteiger partial charge in [-0.15, -0.1) is 11.6 Å². The van der Waals surface area contributed by atoms with E-state index in [4.69, 9.17) is 82.2 Å². The second-order valence-corrected chi connectivity index (χ2v) is 26.0. The predicted octanol–water partition coefficient (Wildman–Crippen LogP) is 8.98. The zero-order valence-electron chi connectivity index (χ0n) is 51.6. The highest BCUT2D eigenvalue weighted by Gasteiger charge is 2.36. The number of hydrogen-bond acceptors (Lipinski definition) is 17. The quantitative estimate of drug-likeness (QED) is 0.0236. The average molecular weight is 1400 g/mol. The number of para-hydroxylation sites is 3. The third-order valence-corrected chi connectivity index (χ3v) is 12.7. The predicted molar refractivity (Wildman–Crippen MR) is 346 cm³/mol. The first-order valence-electron chi connectivity index (χ1n) is 26.9. The van der Waals surface area contributed by atoms with E-state index in [0.29, 0.717) is 57.0 Å². The van der Waals surface area contributed by atoms with Gasteiger partial charge in [0.25, 0.3) is 11.5 Å². The summed E-state index contributed by atoms with van der Waals surface area (Å²) in [7, 11) is -1.18. The molecule has 0 spiro atoms. The van der Waals surface area contributed by atoms with E-state index in [1.807, 2.05) is 83.3 Å². The molecule has 5 aromatic rings. The van der Waals surface area contributed by atoms with E-state index in [1.165, 1.54) is 12.1 Å². The van der Waals surface area contributed by atoms with Gasteiger partial charge in [0.05, 0.1) is 84.0 Å². The summed E-state index contributed by atoms with van der Waals surface area (Å²) in [5.41, 5.74) is -0.0745. The van der Waals surface area contributed by atoms with E-state index in [9.17, 15) is 51.4 Å². The first-order chi connectivity index (χ1) is 41.4. The molecule has 3 atom stereocenters. The first-order valence-corrected chi connectivity index (χ1v) is 33.3. The Kier molecular flexibility index (Phi) is 36.1. The van der Waals surface area contributed by atoms with Gasteiger partial charge in [-0.05, 0) is 126 Å². The number of nitrogens with zero attached hydrogens (tertiary/aromatic N) is 7. The van der Waals surface area contributed by atoms with Gasteiger partial charge in [-0.3, -0.25) is 29.1 Å². The monoisotopic (exact) mass is 1390 g/mol. The standard InChI is InChI=1S/C16H14ClF3N2O4.C15H22ClNO2.C11H11Cl2NO2.C8H14ClN5.C3H8NO5P.C3H9S/c1-8(2)26-14(24)10-6-9(4-5-11(10)17)22-13(23)7-12(16(18,19)20)21(3)15(22)25;1-5-13-8-6-7-11(2)15(13)17(14(18)9-16)12(3)10-19-4;1-7-6-16-9-5-3-2-4-8(9)14(7)11(15)10(12)13;1-4-10-7-12-6(9)13-8(14-7)11-5(2)3;5-3(6)1-4-2-10(7,8)9;1-4(2)3/h4-8H,1-3H3;6-8,12H,5,9-10H2,1-4H3;2-5,7,10H,6H2,1H3;5H,4H2,1-3H3,(H2,10,11,12,13,14);4H,1-2H2,(H,5,6)(H2,7,8,9);1-3H3/q;;;;;+1/p-1. The Morgan fingerprint density at radius 1 is 0.955 bits per heavy atom. The maximum absolute atomic E-state index is 12.9. The number of fused-ring (bicyclic) bond motifs is 1. The maximum atomic E-state index is 12.9. The molecule has 23 nitrogen and oxygen atoms in total. The number of hydrogen-bond donors (Lipinski definition) is 5. The van der Waals surface area contributed by atoms with Crippen LogP contribution in [0.3, 0.4) is 0 Å². The van der Waals surface area contributed by atoms with Crippen molar-refractivity contribution in [1.29, 1.82) is 0 Å². The number of aliphatic carboxylic acids is 1. The number of benzene rings is 3. The van der Waals surface area contributed by atoms with Gasteiger partial charge >= 0.3 is 23.8 Å². The molecule has 2 amide bonds. The average Bonchev–Trinajstić information content (AvgIpc) is 0.851. The first kappa shape index (κ1) is 81.3. The molecule has 0 radical (unpaired) electrons. The minimum atomic E-state index is -4.86. The van der Waals surface area contributed by atoms with Crippen LogP contribution in [-0.4, -0.2) is 151 Å². The summed E-state index contributed by atoms with van der Waals surface area (Å²) in [6.45, 7) is 18.4. The van der Waals surface area contributed by atoms with Crippen LogP contribution < -0.4 is 46.6 Å². The molecule has 5 N–H and O–H groups in total. The summed E-state index contributed by atoms with van der Waals surface area (Å²) < 4.78 is 65.2. The van der Waals surface area contributed by atoms with Crippen LogP contribution in [0.15, 0.2) is 76.3 Å². The highest BCUT2D eigenvalue weighted by molar-refractivity contribution is 7.94. The van der Waals surface area contributed by atoms with E-state index >= 15 is 0 Å². The second kappa shape index (κ2) is 39.5. The van der Waals surface area contributed by atoms with Crippen molar-refractivity contribution in [3.8, 4) is 11.4 Å². The summed E-state index contributed by atoms with van der Waals surface area (Å²) in [6.07, 6.45) is 1.45. The molecule has 0 fully saturated rings. The Labute approximate surface area is 543 Å². The highest BCUT2D eigenvalue weighted by Crippen LogP contribution is 2.35. The number of methoxy groups -OCH3 is 1. The number of alkyl halides is 6. The lowest BCUT2D eigenvalue weighted by Crippen LogP contribution is -2.47. The Morgan fingerprint density at radius 3 is 2.08 bits per heavy atom. The summed E-state index contributed by atoms with van der Waals surface area (Å²) >= 11 is 28.7. The third kappa shape index (κ3) is 28.6. The van der Waals surface area contributed by atoms with Gasteiger partial charge in [-0.1, -0.05) is 72.1 Å². The van der Waals surface area contributed by atoms with Crippen LogP contribution in [0, 0.1) is 6.92 Å². The molecular weight excluding hydrogens is 1320 g/mol. The van der Waals surface area contributed by atoms with Crippen molar-refractivity contribution in [2.24, 2.45) is 7.05 Å². The maximum Gasteiger partial charge on any atom is 0.431 e. The molecule has 2 aromatic heterocycles. The zero-order chi connectivity index (χ0) is 68.3. The molecule has 33 heteroatoms. The molecule has 3 heterocycles. The summed E-state index contributed by atoms with van der Waals surface area (Å²) in [4.78, 5) is 103. The summed E-state index contributed by atoms with van der Waals surface area (Å²) in [5, 5.41) is 16.2. The fourth-order valence-corrected chi connectivity index (χ4v) is 8.59. The molecule has 1 aliphatic heterocycles. The molecule has 3 unspecified atom stereocenters. The molecule has 0 saturated carbocycles. The van der Waals surface area contributed by atoms with Crippen LogP contribution in [0.25, 0.3) is 5.69 Å². The molecule has 0 saturated heterocycles. The molecule has 0 aliphatic carbocycles. The molecule has 496 valence electrons.